The summed E-state index contributed by atoms with van der Waals surface area (Å²) in [5, 5.41) is 3.41. The third-order valence-corrected chi connectivity index (χ3v) is 4.69. The van der Waals surface area contributed by atoms with Crippen LogP contribution in [0.1, 0.15) is 71.6 Å². The fraction of sp³-hybridized carbons (Fsp3) is 0.345. The van der Waals surface area contributed by atoms with E-state index in [4.69, 9.17) is 4.79 Å². The van der Waals surface area contributed by atoms with Gasteiger partial charge in [-0.25, -0.2) is 4.79 Å². The van der Waals surface area contributed by atoms with Crippen LogP contribution in [0.15, 0.2) is 72.5 Å². The van der Waals surface area contributed by atoms with Gasteiger partial charge in [-0.1, -0.05) is 71.9 Å². The number of hydrogen-bond acceptors (Lipinski definition) is 3. The molecule has 184 valence electrons. The van der Waals surface area contributed by atoms with Gasteiger partial charge >= 0.3 is 5.91 Å². The van der Waals surface area contributed by atoms with Crippen LogP contribution in [0.4, 0.5) is 5.69 Å². The van der Waals surface area contributed by atoms with Gasteiger partial charge in [-0.2, -0.15) is 4.58 Å². The summed E-state index contributed by atoms with van der Waals surface area (Å²) in [5.41, 5.74) is 10.8. The summed E-state index contributed by atoms with van der Waals surface area (Å²) in [7, 11) is 0. The highest BCUT2D eigenvalue weighted by molar-refractivity contribution is 6.13. The van der Waals surface area contributed by atoms with Gasteiger partial charge in [-0.3, -0.25) is 4.79 Å². The van der Waals surface area contributed by atoms with Crippen LogP contribution in [0.25, 0.3) is 0 Å². The first kappa shape index (κ1) is 30.5. The van der Waals surface area contributed by atoms with E-state index in [-0.39, 0.29) is 19.7 Å². The number of aryl methyl sites for hydroxylation is 1. The molecular weight excluding hydrogens is 422 g/mol. The predicted molar refractivity (Wildman–Crippen MR) is 145 cm³/mol. The molecule has 2 aromatic carbocycles. The fourth-order valence-corrected chi connectivity index (χ4v) is 3.33. The van der Waals surface area contributed by atoms with Crippen LogP contribution in [-0.4, -0.2) is 22.6 Å². The molecule has 34 heavy (non-hydrogen) atoms. The number of allylic oxidation sites excluding steroid dienone is 3. The smallest absolute Gasteiger partial charge is 0.372 e. The predicted octanol–water partition coefficient (Wildman–Crippen LogP) is 6.23. The van der Waals surface area contributed by atoms with E-state index in [1.54, 1.807) is 6.08 Å². The van der Waals surface area contributed by atoms with Gasteiger partial charge in [0, 0.05) is 28.6 Å². The Morgan fingerprint density at radius 3 is 2.24 bits per heavy atom. The summed E-state index contributed by atoms with van der Waals surface area (Å²) in [4.78, 5) is 21.0. The monoisotopic (exact) mass is 464 g/mol. The summed E-state index contributed by atoms with van der Waals surface area (Å²) in [6.45, 7) is 11.1. The molecule has 0 unspecified atom stereocenters. The van der Waals surface area contributed by atoms with Crippen molar-refractivity contribution >= 4 is 23.7 Å². The summed E-state index contributed by atoms with van der Waals surface area (Å²) in [5.74, 6) is 0.0346. The van der Waals surface area contributed by atoms with E-state index < -0.39 is 0 Å². The molecule has 0 radical (unpaired) electrons. The van der Waals surface area contributed by atoms with E-state index in [1.165, 1.54) is 12.0 Å². The lowest BCUT2D eigenvalue weighted by Gasteiger charge is -2.08. The number of anilines is 1. The summed E-state index contributed by atoms with van der Waals surface area (Å²) < 4.78 is 1.85. The van der Waals surface area contributed by atoms with E-state index >= 15 is 0 Å². The molecule has 0 bridgehead atoms. The maximum absolute atomic E-state index is 12.5. The Morgan fingerprint density at radius 2 is 1.62 bits per heavy atom. The molecule has 2 aromatic rings. The number of carbonyl (C=O) groups excluding carboxylic acids is 2. The van der Waals surface area contributed by atoms with Gasteiger partial charge in [0.25, 0.3) is 0 Å². The largest absolute Gasteiger partial charge is 0.413 e. The van der Waals surface area contributed by atoms with Crippen LogP contribution in [0, 0.1) is 0 Å². The van der Waals surface area contributed by atoms with Gasteiger partial charge in [-0.05, 0) is 49.6 Å². The average molecular weight is 465 g/mol. The highest BCUT2D eigenvalue weighted by atomic mass is 16.2. The van der Waals surface area contributed by atoms with Crippen molar-refractivity contribution in [2.75, 3.05) is 5.32 Å². The Morgan fingerprint density at radius 1 is 1.00 bits per heavy atom. The summed E-state index contributed by atoms with van der Waals surface area (Å²) in [6.07, 6.45) is 9.23. The number of nitrogens with two attached hydrogens (primary N) is 1. The first-order valence-electron chi connectivity index (χ1n) is 11.6. The quantitative estimate of drug-likeness (QED) is 0.377. The molecule has 1 aliphatic rings. The summed E-state index contributed by atoms with van der Waals surface area (Å²) in [6, 6.07) is 16.7. The molecule has 0 saturated heterocycles. The van der Waals surface area contributed by atoms with Crippen LogP contribution in [0.3, 0.4) is 0 Å². The number of amides is 2. The molecule has 1 heterocycles. The zero-order valence-corrected chi connectivity index (χ0v) is 20.6. The second-order valence-corrected chi connectivity index (χ2v) is 7.66. The molecule has 0 atom stereocenters. The highest BCUT2D eigenvalue weighted by Gasteiger charge is 2.27. The summed E-state index contributed by atoms with van der Waals surface area (Å²) >= 11 is 0. The first-order valence-corrected chi connectivity index (χ1v) is 11.6. The molecule has 2 amide bonds. The third kappa shape index (κ3) is 9.99. The molecule has 0 saturated carbocycles. The minimum Gasteiger partial charge on any atom is -0.372 e. The number of nitrogens with zero attached hydrogens (tertiary/aromatic N) is 1. The van der Waals surface area contributed by atoms with Crippen molar-refractivity contribution in [1.82, 2.24) is 0 Å². The van der Waals surface area contributed by atoms with Crippen molar-refractivity contribution in [3.8, 4) is 0 Å². The number of hydrogen-bond donors (Lipinski definition) is 2. The topological polar surface area (TPSA) is 75.2 Å². The number of carbonyl (C=O) groups is 2. The molecule has 5 heteroatoms. The number of nitrogens with one attached hydrogen (secondary N) is 1. The number of benzene rings is 2. The fourth-order valence-electron chi connectivity index (χ4n) is 3.33. The van der Waals surface area contributed by atoms with Crippen LogP contribution >= 0.6 is 0 Å². The standard InChI is InChI=1S/C24H27N2O.C3H8.CH3NO.CH4/c1-4-8-18(3)25-22-12-7-10-20(16-22)17-26-23(13-14-24(26)27)21-11-6-9-19(5-2)15-21;1-3-2;2-1-3;/h6-16,25H,4-5,17H2,1-3H3;3H2,1-2H3;1H,(H2,2,3);1H4/q+1;;;. The van der Waals surface area contributed by atoms with Gasteiger partial charge in [-0.15, -0.1) is 0 Å². The second kappa shape index (κ2) is 17.1. The molecular formula is C29H42N3O2+. The van der Waals surface area contributed by atoms with Crippen LogP contribution < -0.4 is 11.1 Å². The van der Waals surface area contributed by atoms with Crippen molar-refractivity contribution in [3.63, 3.8) is 0 Å². The van der Waals surface area contributed by atoms with Crippen molar-refractivity contribution in [1.29, 1.82) is 0 Å². The lowest BCUT2D eigenvalue weighted by molar-refractivity contribution is -0.456. The zero-order valence-electron chi connectivity index (χ0n) is 20.6. The van der Waals surface area contributed by atoms with E-state index in [1.807, 2.05) is 16.7 Å². The molecule has 3 N–H and O–H groups in total. The lowest BCUT2D eigenvalue weighted by atomic mass is 10.0. The Balaban J connectivity index is 0.00000141. The van der Waals surface area contributed by atoms with Crippen LogP contribution in [0.2, 0.25) is 0 Å². The molecule has 5 nitrogen and oxygen atoms in total. The van der Waals surface area contributed by atoms with E-state index in [9.17, 15) is 4.79 Å². The van der Waals surface area contributed by atoms with Gasteiger partial charge in [0.2, 0.25) is 12.1 Å². The Labute approximate surface area is 206 Å². The first-order chi connectivity index (χ1) is 15.9. The van der Waals surface area contributed by atoms with E-state index in [0.717, 1.165) is 41.1 Å². The number of rotatable bonds is 7. The number of primary amides is 1. The SMILES string of the molecule is C.CCC.CCC=C(C)Nc1cccc(C[N+]2=C(c3cccc(CC)c3)C=CC2=O)c1.NC=O. The molecule has 0 fully saturated rings. The van der Waals surface area contributed by atoms with Gasteiger partial charge in [0.05, 0.1) is 6.08 Å². The molecule has 3 rings (SSSR count). The van der Waals surface area contributed by atoms with Gasteiger partial charge < -0.3 is 11.1 Å². The van der Waals surface area contributed by atoms with Crippen molar-refractivity contribution in [2.45, 2.75) is 67.9 Å². The van der Waals surface area contributed by atoms with Gasteiger partial charge in [0.15, 0.2) is 6.54 Å². The van der Waals surface area contributed by atoms with Crippen molar-refractivity contribution in [2.24, 2.45) is 5.73 Å². The van der Waals surface area contributed by atoms with E-state index in [2.05, 4.69) is 94.2 Å². The minimum absolute atomic E-state index is 0. The van der Waals surface area contributed by atoms with Crippen molar-refractivity contribution < 1.29 is 14.2 Å². The lowest BCUT2D eigenvalue weighted by Crippen LogP contribution is -2.21. The van der Waals surface area contributed by atoms with Crippen molar-refractivity contribution in [3.05, 3.63) is 89.1 Å². The maximum atomic E-state index is 12.5. The normalized spacial score (nSPS) is 12.1. The molecule has 0 aromatic heterocycles. The highest BCUT2D eigenvalue weighted by Crippen LogP contribution is 2.17. The second-order valence-electron chi connectivity index (χ2n) is 7.66. The Kier molecular flexibility index (Phi) is 15.3. The molecule has 0 spiro atoms. The van der Waals surface area contributed by atoms with Gasteiger partial charge in [0.1, 0.15) is 0 Å². The Hall–Kier alpha value is -3.47. The Bertz CT molecular complexity index is 1000. The van der Waals surface area contributed by atoms with Crippen LogP contribution in [0.5, 0.6) is 0 Å². The van der Waals surface area contributed by atoms with Crippen LogP contribution in [-0.2, 0) is 22.6 Å². The minimum atomic E-state index is 0. The molecule has 0 aliphatic carbocycles. The maximum Gasteiger partial charge on any atom is 0.413 e. The molecule has 1 aliphatic heterocycles. The van der Waals surface area contributed by atoms with E-state index in [0.29, 0.717) is 6.54 Å². The third-order valence-electron chi connectivity index (χ3n) is 4.69. The average Bonchev–Trinajstić information content (AvgIpc) is 3.15. The zero-order chi connectivity index (χ0) is 24.6.